The first-order chi connectivity index (χ1) is 9.22. The van der Waals surface area contributed by atoms with E-state index in [0.717, 1.165) is 11.4 Å². The topological polar surface area (TPSA) is 91.8 Å². The van der Waals surface area contributed by atoms with Gasteiger partial charge in [0, 0.05) is 0 Å². The highest BCUT2D eigenvalue weighted by atomic mass is 32.2. The number of nitrogens with zero attached hydrogens (tertiary/aromatic N) is 6. The van der Waals surface area contributed by atoms with Crippen LogP contribution >= 0.6 is 11.8 Å². The number of aliphatic imine (C=N–C) groups is 1. The summed E-state index contributed by atoms with van der Waals surface area (Å²) < 4.78 is 0. The number of nitrogens with one attached hydrogen (secondary N) is 1. The molecule has 0 saturated heterocycles. The third-order valence-corrected chi connectivity index (χ3v) is 2.76. The van der Waals surface area contributed by atoms with Gasteiger partial charge in [-0.15, -0.1) is 15.0 Å². The lowest BCUT2D eigenvalue weighted by Crippen LogP contribution is -2.12. The van der Waals surface area contributed by atoms with Gasteiger partial charge in [0.15, 0.2) is 17.2 Å². The third-order valence-electron chi connectivity index (χ3n) is 2.18. The van der Waals surface area contributed by atoms with Crippen molar-refractivity contribution in [1.29, 1.82) is 5.26 Å². The Kier molecular flexibility index (Phi) is 4.10. The van der Waals surface area contributed by atoms with Crippen LogP contribution < -0.4 is 5.32 Å². The summed E-state index contributed by atoms with van der Waals surface area (Å²) in [6.45, 7) is 1.78. The number of benzene rings is 1. The molecular formula is C11H11N7S. The predicted octanol–water partition coefficient (Wildman–Crippen LogP) is 1.39. The van der Waals surface area contributed by atoms with Crippen LogP contribution in [0.5, 0.6) is 0 Å². The van der Waals surface area contributed by atoms with Gasteiger partial charge in [0.05, 0.1) is 11.4 Å². The maximum Gasteiger partial charge on any atom is 0.183 e. The Morgan fingerprint density at radius 1 is 1.42 bits per heavy atom. The van der Waals surface area contributed by atoms with Crippen LogP contribution in [0.1, 0.15) is 5.82 Å². The van der Waals surface area contributed by atoms with E-state index in [-0.39, 0.29) is 0 Å². The molecule has 19 heavy (non-hydrogen) atoms. The second-order valence-corrected chi connectivity index (χ2v) is 4.30. The normalized spacial score (nSPS) is 11.1. The van der Waals surface area contributed by atoms with Crippen molar-refractivity contribution in [3.8, 4) is 11.9 Å². The summed E-state index contributed by atoms with van der Waals surface area (Å²) in [6.07, 6.45) is 3.69. The van der Waals surface area contributed by atoms with E-state index in [1.165, 1.54) is 16.6 Å². The first-order valence-corrected chi connectivity index (χ1v) is 6.60. The molecule has 0 unspecified atom stereocenters. The Bertz CT molecular complexity index is 623. The van der Waals surface area contributed by atoms with Crippen molar-refractivity contribution < 1.29 is 0 Å². The first kappa shape index (κ1) is 13.0. The average molecular weight is 273 g/mol. The smallest absolute Gasteiger partial charge is 0.183 e. The lowest BCUT2D eigenvalue weighted by Gasteiger charge is -2.01. The Hall–Kier alpha value is -2.40. The molecule has 0 amide bonds. The number of aromatic nitrogens is 4. The fraction of sp³-hybridized carbons (Fsp3) is 0.182. The standard InChI is InChI=1S/C11H11N7S/c1-8-15-17-18(16-8)10-5-3-9(4-6-10)14-11(19-2)13-7-12/h3-6H,1-2H3,(H,13,14). The fourth-order valence-corrected chi connectivity index (χ4v) is 1.69. The highest BCUT2D eigenvalue weighted by molar-refractivity contribution is 8.13. The Morgan fingerprint density at radius 3 is 2.68 bits per heavy atom. The van der Waals surface area contributed by atoms with Crippen LogP contribution in [0, 0.1) is 18.4 Å². The molecule has 2 rings (SSSR count). The van der Waals surface area contributed by atoms with Crippen LogP contribution in [0.15, 0.2) is 29.3 Å². The van der Waals surface area contributed by atoms with Gasteiger partial charge < -0.3 is 0 Å². The second-order valence-electron chi connectivity index (χ2n) is 3.50. The van der Waals surface area contributed by atoms with Crippen LogP contribution in [-0.2, 0) is 0 Å². The highest BCUT2D eigenvalue weighted by Gasteiger charge is 2.01. The number of hydrogen-bond acceptors (Lipinski definition) is 6. The molecule has 1 heterocycles. The zero-order valence-electron chi connectivity index (χ0n) is 10.4. The average Bonchev–Trinajstić information content (AvgIpc) is 2.86. The van der Waals surface area contributed by atoms with Gasteiger partial charge >= 0.3 is 0 Å². The quantitative estimate of drug-likeness (QED) is 0.385. The predicted molar refractivity (Wildman–Crippen MR) is 73.2 cm³/mol. The van der Waals surface area contributed by atoms with Crippen LogP contribution in [0.3, 0.4) is 0 Å². The zero-order valence-corrected chi connectivity index (χ0v) is 11.2. The molecule has 0 fully saturated rings. The molecule has 0 aliphatic rings. The maximum absolute atomic E-state index is 8.56. The van der Waals surface area contributed by atoms with E-state index in [0.29, 0.717) is 11.0 Å². The van der Waals surface area contributed by atoms with E-state index in [1.807, 2.05) is 36.7 Å². The summed E-state index contributed by atoms with van der Waals surface area (Å²) >= 11 is 1.37. The van der Waals surface area contributed by atoms with Gasteiger partial charge in [-0.3, -0.25) is 5.32 Å². The summed E-state index contributed by atoms with van der Waals surface area (Å²) in [5.74, 6) is 0.616. The molecule has 1 N–H and O–H groups in total. The van der Waals surface area contributed by atoms with Crippen molar-refractivity contribution >= 4 is 22.6 Å². The SMILES string of the molecule is CSC(=Nc1ccc(-n2nnc(C)n2)cc1)NC#N. The molecule has 0 aliphatic heterocycles. The van der Waals surface area contributed by atoms with Gasteiger partial charge in [-0.05, 0) is 42.7 Å². The number of nitriles is 1. The lowest BCUT2D eigenvalue weighted by atomic mass is 10.3. The van der Waals surface area contributed by atoms with Crippen molar-refractivity contribution in [3.63, 3.8) is 0 Å². The minimum atomic E-state index is 0.546. The van der Waals surface area contributed by atoms with Gasteiger partial charge in [-0.25, -0.2) is 4.99 Å². The Morgan fingerprint density at radius 2 is 2.16 bits per heavy atom. The summed E-state index contributed by atoms with van der Waals surface area (Å²) in [5.41, 5.74) is 1.55. The minimum Gasteiger partial charge on any atom is -0.271 e. The molecule has 96 valence electrons. The number of amidine groups is 1. The van der Waals surface area contributed by atoms with Crippen molar-refractivity contribution in [1.82, 2.24) is 25.5 Å². The van der Waals surface area contributed by atoms with E-state index in [2.05, 4.69) is 25.7 Å². The molecule has 1 aromatic heterocycles. The van der Waals surface area contributed by atoms with Crippen LogP contribution in [0.4, 0.5) is 5.69 Å². The van der Waals surface area contributed by atoms with E-state index in [4.69, 9.17) is 5.26 Å². The molecule has 0 spiro atoms. The first-order valence-electron chi connectivity index (χ1n) is 5.38. The molecule has 2 aromatic rings. The summed E-state index contributed by atoms with van der Waals surface area (Å²) in [5, 5.41) is 23.4. The molecule has 7 nitrogen and oxygen atoms in total. The van der Waals surface area contributed by atoms with Gasteiger partial charge in [-0.2, -0.15) is 5.26 Å². The third kappa shape index (κ3) is 3.29. The maximum atomic E-state index is 8.56. The van der Waals surface area contributed by atoms with E-state index < -0.39 is 0 Å². The van der Waals surface area contributed by atoms with Crippen molar-refractivity contribution in [2.24, 2.45) is 4.99 Å². The molecule has 0 saturated carbocycles. The molecular weight excluding hydrogens is 262 g/mol. The number of aryl methyl sites for hydroxylation is 1. The van der Waals surface area contributed by atoms with Gasteiger partial charge in [0.25, 0.3) is 0 Å². The fourth-order valence-electron chi connectivity index (χ4n) is 1.34. The molecule has 0 radical (unpaired) electrons. The Balaban J connectivity index is 2.21. The van der Waals surface area contributed by atoms with Gasteiger partial charge in [0.1, 0.15) is 0 Å². The number of thioether (sulfide) groups is 1. The number of rotatable bonds is 2. The van der Waals surface area contributed by atoms with Gasteiger partial charge in [-0.1, -0.05) is 11.8 Å². The van der Waals surface area contributed by atoms with Crippen LogP contribution in [0.2, 0.25) is 0 Å². The van der Waals surface area contributed by atoms with E-state index >= 15 is 0 Å². The molecule has 8 heteroatoms. The lowest BCUT2D eigenvalue weighted by molar-refractivity contribution is 0.719. The molecule has 0 aliphatic carbocycles. The van der Waals surface area contributed by atoms with Gasteiger partial charge in [0.2, 0.25) is 0 Å². The summed E-state index contributed by atoms with van der Waals surface area (Å²) in [6, 6.07) is 7.32. The van der Waals surface area contributed by atoms with E-state index in [9.17, 15) is 0 Å². The molecule has 0 bridgehead atoms. The molecule has 0 atom stereocenters. The monoisotopic (exact) mass is 273 g/mol. The second kappa shape index (κ2) is 5.97. The minimum absolute atomic E-state index is 0.546. The van der Waals surface area contributed by atoms with E-state index in [1.54, 1.807) is 6.92 Å². The Labute approximate surface area is 114 Å². The largest absolute Gasteiger partial charge is 0.271 e. The molecule has 1 aromatic carbocycles. The number of tetrazole rings is 1. The van der Waals surface area contributed by atoms with Crippen molar-refractivity contribution in [2.75, 3.05) is 6.26 Å². The number of hydrogen-bond donors (Lipinski definition) is 1. The van der Waals surface area contributed by atoms with Crippen LogP contribution in [-0.4, -0.2) is 31.6 Å². The van der Waals surface area contributed by atoms with Crippen molar-refractivity contribution in [2.45, 2.75) is 6.92 Å². The summed E-state index contributed by atoms with van der Waals surface area (Å²) in [7, 11) is 0. The van der Waals surface area contributed by atoms with Crippen molar-refractivity contribution in [3.05, 3.63) is 30.1 Å². The van der Waals surface area contributed by atoms with Crippen LogP contribution in [0.25, 0.3) is 5.69 Å². The zero-order chi connectivity index (χ0) is 13.7. The highest BCUT2D eigenvalue weighted by Crippen LogP contribution is 2.16. The summed E-state index contributed by atoms with van der Waals surface area (Å²) in [4.78, 5) is 5.74.